The molecule has 30 heavy (non-hydrogen) atoms. The van der Waals surface area contributed by atoms with Gasteiger partial charge in [-0.05, 0) is 68.1 Å². The Kier molecular flexibility index (Phi) is 6.14. The quantitative estimate of drug-likeness (QED) is 0.354. The van der Waals surface area contributed by atoms with Gasteiger partial charge in [-0.2, -0.15) is 4.89 Å². The van der Waals surface area contributed by atoms with Crippen LogP contribution in [0.4, 0.5) is 0 Å². The fraction of sp³-hybridized carbons (Fsp3) is 0.700. The van der Waals surface area contributed by atoms with Crippen LogP contribution in [0.25, 0.3) is 0 Å². The molecular formula is C20H28ClO8P. The second kappa shape index (κ2) is 8.24. The Balaban J connectivity index is 1.74. The largest absolute Gasteiger partial charge is 0.524 e. The van der Waals surface area contributed by atoms with E-state index in [1.54, 1.807) is 19.2 Å². The van der Waals surface area contributed by atoms with Gasteiger partial charge in [-0.3, -0.25) is 9.79 Å². The Morgan fingerprint density at radius 2 is 1.87 bits per heavy atom. The predicted octanol–water partition coefficient (Wildman–Crippen LogP) is 4.12. The van der Waals surface area contributed by atoms with E-state index in [9.17, 15) is 14.4 Å². The summed E-state index contributed by atoms with van der Waals surface area (Å²) in [4.78, 5) is 30.2. The van der Waals surface area contributed by atoms with Crippen LogP contribution in [0, 0.1) is 17.8 Å². The first kappa shape index (κ1) is 22.3. The highest BCUT2D eigenvalue weighted by Gasteiger charge is 2.74. The van der Waals surface area contributed by atoms with Gasteiger partial charge in [0, 0.05) is 18.6 Å². The van der Waals surface area contributed by atoms with Crippen molar-refractivity contribution in [3.63, 3.8) is 0 Å². The zero-order valence-corrected chi connectivity index (χ0v) is 18.7. The van der Waals surface area contributed by atoms with Crippen molar-refractivity contribution in [1.29, 1.82) is 0 Å². The lowest BCUT2D eigenvalue weighted by Gasteiger charge is -2.65. The molecule has 3 atom stereocenters. The molecule has 1 aromatic rings. The van der Waals surface area contributed by atoms with Crippen molar-refractivity contribution in [2.75, 3.05) is 20.1 Å². The zero-order valence-electron chi connectivity index (χ0n) is 17.1. The highest BCUT2D eigenvalue weighted by atomic mass is 35.5. The molecule has 10 heteroatoms. The molecule has 168 valence electrons. The first-order valence-electron chi connectivity index (χ1n) is 10.2. The van der Waals surface area contributed by atoms with Crippen molar-refractivity contribution in [1.82, 2.24) is 0 Å². The molecule has 2 saturated carbocycles. The van der Waals surface area contributed by atoms with E-state index in [2.05, 4.69) is 0 Å². The van der Waals surface area contributed by atoms with Crippen molar-refractivity contribution < 1.29 is 38.1 Å². The number of hydrogen-bond donors (Lipinski definition) is 2. The minimum absolute atomic E-state index is 0.0774. The number of rotatable bonds is 7. The van der Waals surface area contributed by atoms with Crippen LogP contribution >= 0.6 is 19.4 Å². The summed E-state index contributed by atoms with van der Waals surface area (Å²) in [6, 6.07) is 4.86. The molecule has 1 heterocycles. The molecule has 4 rings (SSSR count). The first-order chi connectivity index (χ1) is 14.3. The molecule has 8 nitrogen and oxygen atoms in total. The number of alkyl halides is 1. The summed E-state index contributed by atoms with van der Waals surface area (Å²) in [5, 5.41) is 0. The first-order valence-corrected chi connectivity index (χ1v) is 12.3. The minimum Gasteiger partial charge on any atom is -0.493 e. The fourth-order valence-corrected chi connectivity index (χ4v) is 6.51. The van der Waals surface area contributed by atoms with Crippen LogP contribution in [0.15, 0.2) is 18.2 Å². The minimum atomic E-state index is -4.78. The van der Waals surface area contributed by atoms with Crippen molar-refractivity contribution in [3.8, 4) is 11.5 Å². The van der Waals surface area contributed by atoms with Crippen LogP contribution in [0.1, 0.15) is 44.1 Å². The Bertz CT molecular complexity index is 811. The fourth-order valence-electron chi connectivity index (χ4n) is 5.80. The summed E-state index contributed by atoms with van der Waals surface area (Å²) in [7, 11) is -1.81. The van der Waals surface area contributed by atoms with E-state index in [0.29, 0.717) is 17.4 Å². The number of phosphoric acid groups is 1. The average molecular weight is 463 g/mol. The van der Waals surface area contributed by atoms with Crippen LogP contribution < -0.4 is 9.26 Å². The zero-order chi connectivity index (χ0) is 21.6. The van der Waals surface area contributed by atoms with E-state index in [1.807, 2.05) is 0 Å². The van der Waals surface area contributed by atoms with E-state index < -0.39 is 19.2 Å². The van der Waals surface area contributed by atoms with E-state index in [0.717, 1.165) is 38.5 Å². The maximum atomic E-state index is 11.5. The smallest absolute Gasteiger partial charge is 0.493 e. The normalized spacial score (nSPS) is 35.7. The van der Waals surface area contributed by atoms with Crippen molar-refractivity contribution in [2.24, 2.45) is 17.8 Å². The Morgan fingerprint density at radius 3 is 2.37 bits per heavy atom. The number of benzene rings is 1. The summed E-state index contributed by atoms with van der Waals surface area (Å²) in [6.07, 6.45) is 6.09. The molecule has 1 saturated heterocycles. The van der Waals surface area contributed by atoms with Gasteiger partial charge < -0.3 is 14.0 Å². The monoisotopic (exact) mass is 462 g/mol. The third-order valence-corrected chi connectivity index (χ3v) is 7.58. The van der Waals surface area contributed by atoms with Gasteiger partial charge in [-0.25, -0.2) is 9.45 Å². The van der Waals surface area contributed by atoms with Gasteiger partial charge in [0.15, 0.2) is 17.1 Å². The standard InChI is InChI=1S/C20H28ClO8P/c1-25-17-7-6-16(12-18(17)27-30(22,23)24)20(26-2)19(28-29-20)14-4-3-5-15(19)11-13(10-14)8-9-21/h6-7,12-15H,3-5,8-11H2,1-2H3,(H2,22,23,24). The SMILES string of the molecule is COc1ccc(C2(OC)OOC23C2CCCC3CC(CCCl)C2)cc1OP(=O)(O)O. The number of hydrogen-bond acceptors (Lipinski definition) is 6. The molecule has 1 spiro atoms. The van der Waals surface area contributed by atoms with Crippen LogP contribution in [-0.4, -0.2) is 35.5 Å². The Morgan fingerprint density at radius 1 is 1.17 bits per heavy atom. The summed E-state index contributed by atoms with van der Waals surface area (Å²) in [5.74, 6) is 0.603. The summed E-state index contributed by atoms with van der Waals surface area (Å²) in [5.41, 5.74) is -0.0789. The molecule has 1 aromatic carbocycles. The van der Waals surface area contributed by atoms with Gasteiger partial charge in [0.05, 0.1) is 7.11 Å². The Hall–Kier alpha value is -0.860. The van der Waals surface area contributed by atoms with Crippen molar-refractivity contribution in [3.05, 3.63) is 23.8 Å². The van der Waals surface area contributed by atoms with E-state index in [1.165, 1.54) is 13.2 Å². The molecule has 2 N–H and O–H groups in total. The number of phosphoric ester groups is 1. The lowest BCUT2D eigenvalue weighted by Crippen LogP contribution is -2.74. The average Bonchev–Trinajstić information content (AvgIpc) is 2.66. The van der Waals surface area contributed by atoms with Crippen molar-refractivity contribution in [2.45, 2.75) is 49.9 Å². The Labute approximate surface area is 180 Å². The number of ether oxygens (including phenoxy) is 2. The molecule has 3 unspecified atom stereocenters. The highest BCUT2D eigenvalue weighted by molar-refractivity contribution is 7.46. The van der Waals surface area contributed by atoms with Crippen LogP contribution in [0.5, 0.6) is 11.5 Å². The second-order valence-corrected chi connectivity index (χ2v) is 9.91. The van der Waals surface area contributed by atoms with Gasteiger partial charge in [-0.1, -0.05) is 6.42 Å². The van der Waals surface area contributed by atoms with Crippen LogP contribution in [0.2, 0.25) is 0 Å². The van der Waals surface area contributed by atoms with E-state index in [-0.39, 0.29) is 23.3 Å². The van der Waals surface area contributed by atoms with Gasteiger partial charge in [0.25, 0.3) is 5.79 Å². The molecule has 2 bridgehead atoms. The summed E-state index contributed by atoms with van der Waals surface area (Å²) >= 11 is 6.02. The molecule has 1 aliphatic heterocycles. The number of halogens is 1. The van der Waals surface area contributed by atoms with Crippen LogP contribution in [0.3, 0.4) is 0 Å². The lowest BCUT2D eigenvalue weighted by molar-refractivity contribution is -0.643. The maximum absolute atomic E-state index is 11.5. The lowest BCUT2D eigenvalue weighted by atomic mass is 9.54. The molecule has 0 aromatic heterocycles. The molecule has 3 fully saturated rings. The molecule has 3 aliphatic rings. The topological polar surface area (TPSA) is 104 Å². The molecule has 0 radical (unpaired) electrons. The third kappa shape index (κ3) is 3.47. The van der Waals surface area contributed by atoms with Gasteiger partial charge in [0.2, 0.25) is 0 Å². The predicted molar refractivity (Wildman–Crippen MR) is 108 cm³/mol. The second-order valence-electron chi connectivity index (χ2n) is 8.37. The number of methoxy groups -OCH3 is 2. The molecular weight excluding hydrogens is 435 g/mol. The third-order valence-electron chi connectivity index (χ3n) is 6.93. The van der Waals surface area contributed by atoms with E-state index in [4.69, 9.17) is 35.4 Å². The van der Waals surface area contributed by atoms with Crippen molar-refractivity contribution >= 4 is 19.4 Å². The maximum Gasteiger partial charge on any atom is 0.524 e. The summed E-state index contributed by atoms with van der Waals surface area (Å²) < 4.78 is 27.5. The van der Waals surface area contributed by atoms with Gasteiger partial charge in [-0.15, -0.1) is 11.6 Å². The highest BCUT2D eigenvalue weighted by Crippen LogP contribution is 2.66. The summed E-state index contributed by atoms with van der Waals surface area (Å²) in [6.45, 7) is 0. The van der Waals surface area contributed by atoms with Crippen LogP contribution in [-0.2, 0) is 24.9 Å². The molecule has 2 aliphatic carbocycles. The van der Waals surface area contributed by atoms with E-state index >= 15 is 0 Å². The van der Waals surface area contributed by atoms with Gasteiger partial charge in [0.1, 0.15) is 0 Å². The van der Waals surface area contributed by atoms with Gasteiger partial charge >= 0.3 is 7.82 Å². The molecule has 0 amide bonds.